The summed E-state index contributed by atoms with van der Waals surface area (Å²) in [5, 5.41) is 5.65. The fraction of sp³-hybridized carbons (Fsp3) is 0.278. The topological polar surface area (TPSA) is 71.1 Å². The maximum Gasteiger partial charge on any atom is 0.251 e. The minimum absolute atomic E-state index is 0.226. The summed E-state index contributed by atoms with van der Waals surface area (Å²) in [4.78, 5) is 28.8. The molecule has 1 aromatic carbocycles. The van der Waals surface area contributed by atoms with Gasteiger partial charge in [-0.25, -0.2) is 0 Å². The van der Waals surface area contributed by atoms with Gasteiger partial charge in [-0.1, -0.05) is 17.7 Å². The Morgan fingerprint density at radius 1 is 1.21 bits per heavy atom. The van der Waals surface area contributed by atoms with E-state index in [1.54, 1.807) is 42.4 Å². The van der Waals surface area contributed by atoms with Gasteiger partial charge in [0.25, 0.3) is 5.91 Å². The molecule has 0 aliphatic carbocycles. The number of aromatic nitrogens is 1. The number of hydrogen-bond acceptors (Lipinski definition) is 4. The molecule has 0 saturated heterocycles. The molecule has 0 spiro atoms. The van der Waals surface area contributed by atoms with Crippen molar-refractivity contribution < 1.29 is 9.59 Å². The van der Waals surface area contributed by atoms with Crippen molar-refractivity contribution in [2.75, 3.05) is 17.3 Å². The van der Waals surface area contributed by atoms with Gasteiger partial charge in [0.2, 0.25) is 5.91 Å². The molecule has 6 heteroatoms. The summed E-state index contributed by atoms with van der Waals surface area (Å²) in [5.41, 5.74) is 2.22. The number of pyridine rings is 1. The van der Waals surface area contributed by atoms with Crippen LogP contribution in [-0.4, -0.2) is 34.8 Å². The molecule has 1 heterocycles. The normalized spacial score (nSPS) is 11.6. The standard InChI is InChI=1S/C18H21N3O2S/c1-13-4-3-5-14(12-13)17(22)21-16(8-11-24-2)18(23)20-15-6-9-19-10-7-15/h3-7,9-10,12,16H,8,11H2,1-2H3,(H,21,22)(H,19,20,23). The second-order valence-corrected chi connectivity index (χ2v) is 6.39. The van der Waals surface area contributed by atoms with Crippen LogP contribution in [0.25, 0.3) is 0 Å². The van der Waals surface area contributed by atoms with Gasteiger partial charge in [-0.3, -0.25) is 14.6 Å². The van der Waals surface area contributed by atoms with Crippen molar-refractivity contribution in [2.45, 2.75) is 19.4 Å². The number of thioether (sulfide) groups is 1. The van der Waals surface area contributed by atoms with Crippen molar-refractivity contribution >= 4 is 29.3 Å². The number of nitrogens with zero attached hydrogens (tertiary/aromatic N) is 1. The summed E-state index contributed by atoms with van der Waals surface area (Å²) < 4.78 is 0. The average molecular weight is 343 g/mol. The lowest BCUT2D eigenvalue weighted by molar-refractivity contribution is -0.118. The number of aryl methyl sites for hydroxylation is 1. The number of amides is 2. The molecular weight excluding hydrogens is 322 g/mol. The van der Waals surface area contributed by atoms with E-state index in [9.17, 15) is 9.59 Å². The monoisotopic (exact) mass is 343 g/mol. The van der Waals surface area contributed by atoms with Crippen molar-refractivity contribution in [3.63, 3.8) is 0 Å². The smallest absolute Gasteiger partial charge is 0.251 e. The predicted molar refractivity (Wildman–Crippen MR) is 98.3 cm³/mol. The van der Waals surface area contributed by atoms with E-state index in [4.69, 9.17) is 0 Å². The molecule has 1 unspecified atom stereocenters. The van der Waals surface area contributed by atoms with Gasteiger partial charge in [-0.05, 0) is 49.6 Å². The molecule has 0 fully saturated rings. The fourth-order valence-electron chi connectivity index (χ4n) is 2.20. The van der Waals surface area contributed by atoms with Crippen molar-refractivity contribution in [1.29, 1.82) is 0 Å². The molecule has 2 amide bonds. The summed E-state index contributed by atoms with van der Waals surface area (Å²) in [6.45, 7) is 1.93. The van der Waals surface area contributed by atoms with Crippen LogP contribution >= 0.6 is 11.8 Å². The minimum atomic E-state index is -0.585. The summed E-state index contributed by atoms with van der Waals surface area (Å²) in [7, 11) is 0. The molecule has 24 heavy (non-hydrogen) atoms. The predicted octanol–water partition coefficient (Wildman–Crippen LogP) is 2.88. The Labute approximate surface area is 146 Å². The van der Waals surface area contributed by atoms with Crippen molar-refractivity contribution in [1.82, 2.24) is 10.3 Å². The van der Waals surface area contributed by atoms with Gasteiger partial charge < -0.3 is 10.6 Å². The van der Waals surface area contributed by atoms with Crippen LogP contribution in [-0.2, 0) is 4.79 Å². The first-order valence-electron chi connectivity index (χ1n) is 7.67. The minimum Gasteiger partial charge on any atom is -0.340 e. The maximum absolute atomic E-state index is 12.5. The molecule has 0 aliphatic rings. The molecule has 0 saturated carbocycles. The van der Waals surface area contributed by atoms with Crippen LogP contribution in [0.4, 0.5) is 5.69 Å². The first kappa shape index (κ1) is 18.0. The molecule has 0 bridgehead atoms. The Bertz CT molecular complexity index is 692. The van der Waals surface area contributed by atoms with Crippen LogP contribution in [0, 0.1) is 6.92 Å². The van der Waals surface area contributed by atoms with E-state index in [0.717, 1.165) is 11.3 Å². The van der Waals surface area contributed by atoms with E-state index in [0.29, 0.717) is 17.7 Å². The first-order chi connectivity index (χ1) is 11.6. The third kappa shape index (κ3) is 5.38. The largest absolute Gasteiger partial charge is 0.340 e. The molecule has 0 radical (unpaired) electrons. The zero-order valence-corrected chi connectivity index (χ0v) is 14.6. The van der Waals surface area contributed by atoms with Crippen molar-refractivity contribution in [2.24, 2.45) is 0 Å². The molecule has 2 rings (SSSR count). The number of nitrogens with one attached hydrogen (secondary N) is 2. The van der Waals surface area contributed by atoms with Crippen LogP contribution in [0.15, 0.2) is 48.8 Å². The first-order valence-corrected chi connectivity index (χ1v) is 9.07. The highest BCUT2D eigenvalue weighted by Gasteiger charge is 2.21. The third-order valence-corrected chi connectivity index (χ3v) is 4.10. The van der Waals surface area contributed by atoms with E-state index in [2.05, 4.69) is 15.6 Å². The van der Waals surface area contributed by atoms with Gasteiger partial charge in [0.1, 0.15) is 6.04 Å². The molecule has 126 valence electrons. The van der Waals surface area contributed by atoms with Gasteiger partial charge >= 0.3 is 0 Å². The zero-order valence-electron chi connectivity index (χ0n) is 13.8. The van der Waals surface area contributed by atoms with Crippen molar-refractivity contribution in [3.05, 3.63) is 59.9 Å². The van der Waals surface area contributed by atoms with E-state index in [1.165, 1.54) is 0 Å². The average Bonchev–Trinajstić information content (AvgIpc) is 2.59. The maximum atomic E-state index is 12.5. The van der Waals surface area contributed by atoms with E-state index in [1.807, 2.05) is 31.4 Å². The zero-order chi connectivity index (χ0) is 17.4. The second kappa shape index (κ2) is 9.08. The quantitative estimate of drug-likeness (QED) is 0.811. The number of carbonyl (C=O) groups excluding carboxylic acids is 2. The molecule has 5 nitrogen and oxygen atoms in total. The number of anilines is 1. The van der Waals surface area contributed by atoms with E-state index in [-0.39, 0.29) is 11.8 Å². The van der Waals surface area contributed by atoms with E-state index < -0.39 is 6.04 Å². The SMILES string of the molecule is CSCCC(NC(=O)c1cccc(C)c1)C(=O)Nc1ccncc1. The third-order valence-electron chi connectivity index (χ3n) is 3.46. The molecule has 1 atom stereocenters. The van der Waals surface area contributed by atoms with Crippen LogP contribution in [0.1, 0.15) is 22.3 Å². The Morgan fingerprint density at radius 2 is 1.96 bits per heavy atom. The highest BCUT2D eigenvalue weighted by Crippen LogP contribution is 2.09. The Hall–Kier alpha value is -2.34. The fourth-order valence-corrected chi connectivity index (χ4v) is 2.67. The van der Waals surface area contributed by atoms with Crippen LogP contribution < -0.4 is 10.6 Å². The molecule has 1 aromatic heterocycles. The Balaban J connectivity index is 2.06. The Kier molecular flexibility index (Phi) is 6.81. The molecule has 0 aliphatic heterocycles. The van der Waals surface area contributed by atoms with Crippen LogP contribution in [0.3, 0.4) is 0 Å². The van der Waals surface area contributed by atoms with Gasteiger partial charge in [0.15, 0.2) is 0 Å². The van der Waals surface area contributed by atoms with Crippen LogP contribution in [0.5, 0.6) is 0 Å². The second-order valence-electron chi connectivity index (χ2n) is 5.40. The summed E-state index contributed by atoms with van der Waals surface area (Å²) in [6.07, 6.45) is 5.76. The summed E-state index contributed by atoms with van der Waals surface area (Å²) in [5.74, 6) is 0.314. The number of benzene rings is 1. The van der Waals surface area contributed by atoms with Gasteiger partial charge in [0, 0.05) is 23.6 Å². The molecule has 2 N–H and O–H groups in total. The lowest BCUT2D eigenvalue weighted by atomic mass is 10.1. The highest BCUT2D eigenvalue weighted by molar-refractivity contribution is 7.98. The summed E-state index contributed by atoms with van der Waals surface area (Å²) in [6, 6.07) is 10.2. The van der Waals surface area contributed by atoms with Crippen molar-refractivity contribution in [3.8, 4) is 0 Å². The lowest BCUT2D eigenvalue weighted by Gasteiger charge is -2.18. The van der Waals surface area contributed by atoms with Gasteiger partial charge in [-0.2, -0.15) is 11.8 Å². The van der Waals surface area contributed by atoms with Crippen LogP contribution in [0.2, 0.25) is 0 Å². The van der Waals surface area contributed by atoms with Gasteiger partial charge in [0.05, 0.1) is 0 Å². The summed E-state index contributed by atoms with van der Waals surface area (Å²) >= 11 is 1.64. The number of hydrogen-bond donors (Lipinski definition) is 2. The van der Waals surface area contributed by atoms with Gasteiger partial charge in [-0.15, -0.1) is 0 Å². The molecular formula is C18H21N3O2S. The lowest BCUT2D eigenvalue weighted by Crippen LogP contribution is -2.44. The highest BCUT2D eigenvalue weighted by atomic mass is 32.2. The Morgan fingerprint density at radius 3 is 2.62 bits per heavy atom. The number of carbonyl (C=O) groups is 2. The molecule has 2 aromatic rings. The number of rotatable bonds is 7. The van der Waals surface area contributed by atoms with E-state index >= 15 is 0 Å².